The zero-order chi connectivity index (χ0) is 13.2. The first-order valence-corrected chi connectivity index (χ1v) is 7.44. The van der Waals surface area contributed by atoms with Crippen molar-refractivity contribution < 1.29 is 9.47 Å². The van der Waals surface area contributed by atoms with Gasteiger partial charge in [-0.25, -0.2) is 0 Å². The van der Waals surface area contributed by atoms with E-state index < -0.39 is 0 Å². The Morgan fingerprint density at radius 1 is 1.22 bits per heavy atom. The minimum Gasteiger partial charge on any atom is -0.493 e. The largest absolute Gasteiger partial charge is 0.493 e. The molecule has 1 fully saturated rings. The fraction of sp³-hybridized carbons (Fsp3) is 0.571. The Morgan fingerprint density at radius 3 is 2.22 bits per heavy atom. The molecule has 0 unspecified atom stereocenters. The van der Waals surface area contributed by atoms with Crippen LogP contribution in [-0.4, -0.2) is 27.0 Å². The molecule has 0 saturated heterocycles. The quantitative estimate of drug-likeness (QED) is 0.833. The number of benzene rings is 1. The summed E-state index contributed by atoms with van der Waals surface area (Å²) in [6.07, 6.45) is 5.70. The Kier molecular flexibility index (Phi) is 4.07. The molecule has 2 N–H and O–H groups in total. The first kappa shape index (κ1) is 13.6. The van der Waals surface area contributed by atoms with E-state index in [-0.39, 0.29) is 5.41 Å². The number of rotatable bonds is 5. The SMILES string of the molecule is COc1cc(SC)c(C2(CN)CCC2)cc1OC. The van der Waals surface area contributed by atoms with Crippen molar-refractivity contribution in [3.05, 3.63) is 17.7 Å². The lowest BCUT2D eigenvalue weighted by atomic mass is 9.64. The van der Waals surface area contributed by atoms with Crippen LogP contribution in [0.5, 0.6) is 11.5 Å². The van der Waals surface area contributed by atoms with Gasteiger partial charge in [-0.2, -0.15) is 0 Å². The third kappa shape index (κ3) is 2.08. The molecule has 2 rings (SSSR count). The molecule has 0 spiro atoms. The summed E-state index contributed by atoms with van der Waals surface area (Å²) in [7, 11) is 3.35. The van der Waals surface area contributed by atoms with Crippen LogP contribution >= 0.6 is 11.8 Å². The summed E-state index contributed by atoms with van der Waals surface area (Å²) >= 11 is 1.74. The Morgan fingerprint density at radius 2 is 1.83 bits per heavy atom. The summed E-state index contributed by atoms with van der Waals surface area (Å²) in [6.45, 7) is 0.704. The highest BCUT2D eigenvalue weighted by Gasteiger charge is 2.39. The Balaban J connectivity index is 2.51. The molecule has 1 saturated carbocycles. The van der Waals surface area contributed by atoms with E-state index in [4.69, 9.17) is 15.2 Å². The zero-order valence-electron chi connectivity index (χ0n) is 11.3. The zero-order valence-corrected chi connectivity index (χ0v) is 12.1. The van der Waals surface area contributed by atoms with Crippen molar-refractivity contribution in [1.29, 1.82) is 0 Å². The highest BCUT2D eigenvalue weighted by atomic mass is 32.2. The van der Waals surface area contributed by atoms with Crippen molar-refractivity contribution in [3.8, 4) is 11.5 Å². The van der Waals surface area contributed by atoms with E-state index in [1.165, 1.54) is 29.7 Å². The van der Waals surface area contributed by atoms with E-state index in [9.17, 15) is 0 Å². The van der Waals surface area contributed by atoms with Crippen LogP contribution in [0.25, 0.3) is 0 Å². The maximum Gasteiger partial charge on any atom is 0.161 e. The van der Waals surface area contributed by atoms with Gasteiger partial charge in [0.15, 0.2) is 11.5 Å². The van der Waals surface area contributed by atoms with Gasteiger partial charge in [0.2, 0.25) is 0 Å². The molecular weight excluding hydrogens is 246 g/mol. The highest BCUT2D eigenvalue weighted by Crippen LogP contribution is 2.48. The second-order valence-electron chi connectivity index (χ2n) is 4.75. The summed E-state index contributed by atoms with van der Waals surface area (Å²) in [6, 6.07) is 4.17. The van der Waals surface area contributed by atoms with E-state index in [0.29, 0.717) is 6.54 Å². The third-order valence-corrected chi connectivity index (χ3v) is 4.76. The van der Waals surface area contributed by atoms with Gasteiger partial charge in [-0.05, 0) is 36.8 Å². The number of hydrogen-bond acceptors (Lipinski definition) is 4. The van der Waals surface area contributed by atoms with Gasteiger partial charge in [-0.1, -0.05) is 6.42 Å². The summed E-state index contributed by atoms with van der Waals surface area (Å²) in [5, 5.41) is 0. The second kappa shape index (κ2) is 5.41. The molecule has 1 aliphatic rings. The third-order valence-electron chi connectivity index (χ3n) is 3.98. The van der Waals surface area contributed by atoms with Gasteiger partial charge in [-0.15, -0.1) is 11.8 Å². The van der Waals surface area contributed by atoms with Crippen LogP contribution in [0.15, 0.2) is 17.0 Å². The van der Waals surface area contributed by atoms with Gasteiger partial charge in [0, 0.05) is 16.9 Å². The number of thioether (sulfide) groups is 1. The van der Waals surface area contributed by atoms with Crippen LogP contribution in [-0.2, 0) is 5.41 Å². The molecule has 1 aromatic rings. The molecule has 0 radical (unpaired) electrons. The minimum atomic E-state index is 0.151. The molecule has 18 heavy (non-hydrogen) atoms. The highest BCUT2D eigenvalue weighted by molar-refractivity contribution is 7.98. The van der Waals surface area contributed by atoms with Gasteiger partial charge in [0.05, 0.1) is 14.2 Å². The van der Waals surface area contributed by atoms with Crippen LogP contribution in [0.3, 0.4) is 0 Å². The smallest absolute Gasteiger partial charge is 0.161 e. The molecule has 1 aromatic carbocycles. The van der Waals surface area contributed by atoms with Crippen molar-refractivity contribution in [3.63, 3.8) is 0 Å². The average molecular weight is 267 g/mol. The maximum atomic E-state index is 6.01. The van der Waals surface area contributed by atoms with E-state index in [1.807, 2.05) is 0 Å². The van der Waals surface area contributed by atoms with Crippen molar-refractivity contribution in [2.75, 3.05) is 27.0 Å². The predicted octanol–water partition coefficient (Wildman–Crippen LogP) is 2.81. The van der Waals surface area contributed by atoms with Crippen LogP contribution < -0.4 is 15.2 Å². The molecule has 0 heterocycles. The van der Waals surface area contributed by atoms with Crippen LogP contribution in [0.4, 0.5) is 0 Å². The summed E-state index contributed by atoms with van der Waals surface area (Å²) in [5.41, 5.74) is 7.48. The maximum absolute atomic E-state index is 6.01. The van der Waals surface area contributed by atoms with E-state index in [1.54, 1.807) is 26.0 Å². The van der Waals surface area contributed by atoms with Gasteiger partial charge >= 0.3 is 0 Å². The minimum absolute atomic E-state index is 0.151. The van der Waals surface area contributed by atoms with Gasteiger partial charge < -0.3 is 15.2 Å². The fourth-order valence-electron chi connectivity index (χ4n) is 2.63. The Labute approximate surface area is 113 Å². The molecule has 0 aromatic heterocycles. The summed E-state index contributed by atoms with van der Waals surface area (Å²) in [5.74, 6) is 1.59. The number of hydrogen-bond donors (Lipinski definition) is 1. The van der Waals surface area contributed by atoms with E-state index in [2.05, 4.69) is 18.4 Å². The topological polar surface area (TPSA) is 44.5 Å². The average Bonchev–Trinajstić information content (AvgIpc) is 2.37. The molecule has 0 bridgehead atoms. The molecule has 0 amide bonds. The fourth-order valence-corrected chi connectivity index (χ4v) is 3.35. The first-order chi connectivity index (χ1) is 8.70. The van der Waals surface area contributed by atoms with Gasteiger partial charge in [0.25, 0.3) is 0 Å². The number of ether oxygens (including phenoxy) is 2. The Bertz CT molecular complexity index is 425. The normalized spacial score (nSPS) is 17.1. The molecule has 3 nitrogen and oxygen atoms in total. The van der Waals surface area contributed by atoms with Gasteiger partial charge in [0.1, 0.15) is 0 Å². The van der Waals surface area contributed by atoms with Crippen LogP contribution in [0.2, 0.25) is 0 Å². The molecule has 1 aliphatic carbocycles. The lowest BCUT2D eigenvalue weighted by molar-refractivity contribution is 0.247. The predicted molar refractivity (Wildman–Crippen MR) is 75.9 cm³/mol. The molecule has 0 atom stereocenters. The standard InChI is InChI=1S/C14H21NO2S/c1-16-11-7-10(14(9-15)5-4-6-14)13(18-3)8-12(11)17-2/h7-8H,4-6,9,15H2,1-3H3. The summed E-state index contributed by atoms with van der Waals surface area (Å²) < 4.78 is 10.8. The van der Waals surface area contributed by atoms with E-state index >= 15 is 0 Å². The van der Waals surface area contributed by atoms with Crippen molar-refractivity contribution in [2.24, 2.45) is 5.73 Å². The molecular formula is C14H21NO2S. The number of nitrogens with two attached hydrogens (primary N) is 1. The summed E-state index contributed by atoms with van der Waals surface area (Å²) in [4.78, 5) is 1.25. The monoisotopic (exact) mass is 267 g/mol. The lowest BCUT2D eigenvalue weighted by Crippen LogP contribution is -2.41. The molecule has 0 aliphatic heterocycles. The van der Waals surface area contributed by atoms with Crippen LogP contribution in [0, 0.1) is 0 Å². The Hall–Kier alpha value is -0.870. The van der Waals surface area contributed by atoms with Crippen molar-refractivity contribution in [2.45, 2.75) is 29.6 Å². The molecule has 4 heteroatoms. The second-order valence-corrected chi connectivity index (χ2v) is 5.59. The lowest BCUT2D eigenvalue weighted by Gasteiger charge is -2.42. The van der Waals surface area contributed by atoms with E-state index in [0.717, 1.165) is 11.5 Å². The first-order valence-electron chi connectivity index (χ1n) is 6.21. The van der Waals surface area contributed by atoms with Crippen molar-refractivity contribution >= 4 is 11.8 Å². The number of methoxy groups -OCH3 is 2. The molecule has 100 valence electrons. The van der Waals surface area contributed by atoms with Crippen LogP contribution in [0.1, 0.15) is 24.8 Å². The van der Waals surface area contributed by atoms with Gasteiger partial charge in [-0.3, -0.25) is 0 Å². The van der Waals surface area contributed by atoms with Crippen molar-refractivity contribution in [1.82, 2.24) is 0 Å².